The Morgan fingerprint density at radius 2 is 0.364 bits per heavy atom. The zero-order chi connectivity index (χ0) is 54.6. The molecule has 0 saturated carbocycles. The molecule has 0 spiro atoms. The number of hydrogen-bond acceptors (Lipinski definition) is 6. The van der Waals surface area contributed by atoms with Crippen LogP contribution in [0.15, 0.2) is 174 Å². The van der Waals surface area contributed by atoms with E-state index < -0.39 is 22.8 Å². The van der Waals surface area contributed by atoms with Gasteiger partial charge in [-0.25, -0.2) is 0 Å². The van der Waals surface area contributed by atoms with E-state index in [4.69, 9.17) is 69.6 Å². The molecule has 18 nitrogen and oxygen atoms in total. The Morgan fingerprint density at radius 1 is 0.260 bits per heavy atom. The molecule has 0 N–H and O–H groups in total. The van der Waals surface area contributed by atoms with E-state index in [-0.39, 0.29) is 50.9 Å². The van der Waals surface area contributed by atoms with Crippen molar-refractivity contribution in [1.82, 2.24) is 54.3 Å². The Bertz CT molecular complexity index is 3830. The van der Waals surface area contributed by atoms with Crippen LogP contribution in [0.2, 0.25) is 0 Å². The summed E-state index contributed by atoms with van der Waals surface area (Å²) in [5.41, 5.74) is 6.03. The number of benzene rings is 6. The first-order valence-electron chi connectivity index (χ1n) is 23.1. The van der Waals surface area contributed by atoms with E-state index in [1.54, 1.807) is 42.3 Å². The molecule has 0 saturated heterocycles. The Balaban J connectivity index is 0.000000177. The first-order chi connectivity index (χ1) is 36.3. The second-order valence-corrected chi connectivity index (χ2v) is 21.3. The first kappa shape index (κ1) is 56.5. The van der Waals surface area contributed by atoms with Crippen LogP contribution in [0.3, 0.4) is 0 Å². The first-order valence-corrected chi connectivity index (χ1v) is 25.7. The Hall–Kier alpha value is -6.68. The molecule has 3 radical (unpaired) electrons. The second kappa shape index (κ2) is 22.7. The summed E-state index contributed by atoms with van der Waals surface area (Å²) in [5, 5.41) is 0. The molecule has 27 heteroatoms. The van der Waals surface area contributed by atoms with Gasteiger partial charge in [0.25, 0.3) is 34.1 Å². The van der Waals surface area contributed by atoms with Crippen molar-refractivity contribution in [3.05, 3.63) is 208 Å². The van der Waals surface area contributed by atoms with Gasteiger partial charge in [0, 0.05) is 75.4 Å². The maximum Gasteiger partial charge on any atom is 2.00 e. The van der Waals surface area contributed by atoms with Crippen molar-refractivity contribution in [3.63, 3.8) is 0 Å². The monoisotopic (exact) mass is 1200 g/mol. The molecule has 0 aliphatic rings. The fourth-order valence-corrected chi connectivity index (χ4v) is 9.95. The van der Waals surface area contributed by atoms with Gasteiger partial charge in [-0.2, -0.15) is 0 Å². The second-order valence-electron chi connectivity index (χ2n) is 17.4. The number of para-hydroxylation sites is 12. The van der Waals surface area contributed by atoms with E-state index in [1.165, 1.54) is 54.3 Å². The number of aromatic nitrogens is 12. The molecular formula is C50H44B2Cl6CoN12O6. The molecule has 0 unspecified atom stereocenters. The van der Waals surface area contributed by atoms with Gasteiger partial charge in [0.05, 0.1) is 33.1 Å². The van der Waals surface area contributed by atoms with Crippen LogP contribution in [0.25, 0.3) is 66.2 Å². The zero-order valence-electron chi connectivity index (χ0n) is 41.6. The number of rotatable bonds is 6. The molecule has 12 rings (SSSR count). The predicted octanol–water partition coefficient (Wildman–Crippen LogP) is 7.12. The maximum atomic E-state index is 13.7. The number of fused-ring (bicyclic) bond motifs is 6. The summed E-state index contributed by atoms with van der Waals surface area (Å²) < 4.78 is 16.9. The van der Waals surface area contributed by atoms with E-state index in [0.717, 1.165) is 0 Å². The van der Waals surface area contributed by atoms with Crippen molar-refractivity contribution in [3.8, 4) is 0 Å². The van der Waals surface area contributed by atoms with Gasteiger partial charge in [0.15, 0.2) is 8.59 Å². The van der Waals surface area contributed by atoms with Crippen molar-refractivity contribution < 1.29 is 16.8 Å². The number of halogens is 6. The number of aryl methyl sites for hydroxylation is 6. The van der Waals surface area contributed by atoms with Gasteiger partial charge in [0.1, 0.15) is 0 Å². The minimum absolute atomic E-state index is 0. The minimum atomic E-state index is -1.06. The van der Waals surface area contributed by atoms with Crippen LogP contribution >= 0.6 is 69.6 Å². The van der Waals surface area contributed by atoms with Crippen molar-refractivity contribution >= 4 is 150 Å². The van der Waals surface area contributed by atoms with E-state index in [9.17, 15) is 28.8 Å². The van der Waals surface area contributed by atoms with Gasteiger partial charge < -0.3 is 26.9 Å². The van der Waals surface area contributed by atoms with Crippen LogP contribution < -0.4 is 34.1 Å². The molecule has 6 aromatic carbocycles. The van der Waals surface area contributed by atoms with Gasteiger partial charge >= 0.3 is 16.8 Å². The molecule has 6 aromatic heterocycles. The number of imidazole rings is 6. The summed E-state index contributed by atoms with van der Waals surface area (Å²) in [4.78, 5) is 82.0. The Labute approximate surface area is 477 Å². The molecule has 0 bridgehead atoms. The zero-order valence-corrected chi connectivity index (χ0v) is 47.2. The fourth-order valence-electron chi connectivity index (χ4n) is 9.95. The molecule has 6 heterocycles. The van der Waals surface area contributed by atoms with Crippen LogP contribution in [-0.4, -0.2) is 77.1 Å². The van der Waals surface area contributed by atoms with Gasteiger partial charge in [-0.05, 0) is 72.8 Å². The van der Waals surface area contributed by atoms with E-state index >= 15 is 0 Å². The summed E-state index contributed by atoms with van der Waals surface area (Å²) in [6.07, 6.45) is 0. The van der Waals surface area contributed by atoms with E-state index in [0.29, 0.717) is 66.2 Å². The molecule has 77 heavy (non-hydrogen) atoms. The third-order valence-corrected chi connectivity index (χ3v) is 13.4. The third kappa shape index (κ3) is 9.77. The molecular weight excluding hydrogens is 1160 g/mol. The normalized spacial score (nSPS) is 11.5. The molecule has 0 atom stereocenters. The average Bonchev–Trinajstić information content (AvgIpc) is 4.18. The number of nitrogens with zero attached hydrogens (tertiary/aromatic N) is 12. The Morgan fingerprint density at radius 3 is 0.481 bits per heavy atom. The van der Waals surface area contributed by atoms with Crippen molar-refractivity contribution in [2.45, 2.75) is 8.59 Å². The van der Waals surface area contributed by atoms with Crippen LogP contribution in [0.5, 0.6) is 0 Å². The predicted molar refractivity (Wildman–Crippen MR) is 310 cm³/mol. The Kier molecular flexibility index (Phi) is 16.7. The summed E-state index contributed by atoms with van der Waals surface area (Å²) in [7, 11) is 8.02. The van der Waals surface area contributed by atoms with Crippen LogP contribution in [0.1, 0.15) is 0 Å². The third-order valence-electron chi connectivity index (χ3n) is 13.4. The molecule has 397 valence electrons. The van der Waals surface area contributed by atoms with E-state index in [1.807, 2.05) is 146 Å². The molecule has 12 aromatic rings. The SMILES string of the molecule is ClC(Cl)Cl.ClC(Cl)Cl.Cn1c(=O)n([B-](n2c(=O)n(C)c3ccccc32)n2c(=O)n(C)c3ccccc32)c2ccccc21.Cn1c(=O)n([B-](n2c(=O)n(C)c3ccccc32)n2c(=O)n(C)c3ccccc32)c2ccccc21.[Co+2]. The molecule has 0 fully saturated rings. The van der Waals surface area contributed by atoms with Crippen LogP contribution in [0, 0.1) is 0 Å². The molecule has 0 amide bonds. The quantitative estimate of drug-likeness (QED) is 0.127. The topological polar surface area (TPSA) is 162 Å². The average molecular weight is 1200 g/mol. The van der Waals surface area contributed by atoms with Crippen LogP contribution in [-0.2, 0) is 59.1 Å². The molecule has 0 aliphatic carbocycles. The van der Waals surface area contributed by atoms with Crippen LogP contribution in [0.4, 0.5) is 0 Å². The fraction of sp³-hybridized carbons (Fsp3) is 0.160. The summed E-state index contributed by atoms with van der Waals surface area (Å²) in [6, 6.07) is 44.3. The summed E-state index contributed by atoms with van der Waals surface area (Å²) >= 11 is 28.8. The number of hydrogen-bond donors (Lipinski definition) is 0. The van der Waals surface area contributed by atoms with E-state index in [2.05, 4.69) is 0 Å². The smallest absolute Gasteiger partial charge is 0.452 e. The van der Waals surface area contributed by atoms with Crippen molar-refractivity contribution in [2.75, 3.05) is 0 Å². The van der Waals surface area contributed by atoms with Crippen molar-refractivity contribution in [1.29, 1.82) is 0 Å². The van der Waals surface area contributed by atoms with Gasteiger partial charge in [0.2, 0.25) is 14.2 Å². The maximum absolute atomic E-state index is 13.7. The van der Waals surface area contributed by atoms with Gasteiger partial charge in [-0.1, -0.05) is 142 Å². The summed E-state index contributed by atoms with van der Waals surface area (Å²) in [6.45, 7) is 0. The van der Waals surface area contributed by atoms with Gasteiger partial charge in [-0.15, -0.1) is 0 Å². The van der Waals surface area contributed by atoms with Crippen molar-refractivity contribution in [2.24, 2.45) is 42.3 Å². The molecule has 0 aliphatic heterocycles. The summed E-state index contributed by atoms with van der Waals surface area (Å²) in [5.74, 6) is 0. The minimum Gasteiger partial charge on any atom is -0.452 e. The largest absolute Gasteiger partial charge is 2.00 e. The number of alkyl halides is 6. The van der Waals surface area contributed by atoms with Gasteiger partial charge in [-0.3, -0.25) is 56.2 Å². The standard InChI is InChI=1S/2C24H21BN6O3.2CHCl3.Co/c2*1-26-16-10-4-7-13-19(16)29(22(26)32)25(30-20-14-8-5-11-17(20)27(2)23(30)33)31-21-15-9-6-12-18(21)28(3)24(31)34;2*2-1(3)4;/h2*4-15H,1-3H3;2*1H;/q2*-1;;;+2.